The minimum absolute atomic E-state index is 0.243. The molecule has 0 aliphatic heterocycles. The van der Waals surface area contributed by atoms with Crippen molar-refractivity contribution in [1.29, 1.82) is 0 Å². The van der Waals surface area contributed by atoms with Crippen molar-refractivity contribution in [3.63, 3.8) is 0 Å². The molecule has 0 radical (unpaired) electrons. The smallest absolute Gasteiger partial charge is 0.126 e. The van der Waals surface area contributed by atoms with E-state index >= 15 is 0 Å². The Kier molecular flexibility index (Phi) is 4.09. The van der Waals surface area contributed by atoms with E-state index < -0.39 is 5.54 Å². The Bertz CT molecular complexity index is 608. The maximum absolute atomic E-state index is 13.8. The molecule has 0 spiro atoms. The summed E-state index contributed by atoms with van der Waals surface area (Å²) in [6.07, 6.45) is 0. The molecule has 106 valence electrons. The van der Waals surface area contributed by atoms with Gasteiger partial charge in [-0.05, 0) is 44.0 Å². The number of rotatable bonds is 4. The minimum atomic E-state index is -0.805. The van der Waals surface area contributed by atoms with E-state index in [2.05, 4.69) is 0 Å². The highest BCUT2D eigenvalue weighted by molar-refractivity contribution is 5.46. The van der Waals surface area contributed by atoms with Crippen molar-refractivity contribution >= 4 is 0 Å². The zero-order valence-electron chi connectivity index (χ0n) is 12.1. The summed E-state index contributed by atoms with van der Waals surface area (Å²) in [5, 5.41) is 0. The second-order valence-electron chi connectivity index (χ2n) is 5.10. The fourth-order valence-corrected chi connectivity index (χ4v) is 2.25. The van der Waals surface area contributed by atoms with Gasteiger partial charge in [-0.3, -0.25) is 0 Å². The standard InChI is InChI=1S/C17H20FNO/c1-4-20-16-8-6-5-7-14(16)17(3,19)13-10-9-12(2)15(18)11-13/h5-11H,4,19H2,1-3H3. The predicted octanol–water partition coefficient (Wildman–Crippen LogP) is 3.76. The first-order valence-corrected chi connectivity index (χ1v) is 6.74. The Balaban J connectivity index is 2.51. The zero-order chi connectivity index (χ0) is 14.8. The average Bonchev–Trinajstić information content (AvgIpc) is 2.42. The molecule has 1 unspecified atom stereocenters. The Morgan fingerprint density at radius 2 is 1.90 bits per heavy atom. The van der Waals surface area contributed by atoms with Crippen LogP contribution in [0.5, 0.6) is 5.75 Å². The van der Waals surface area contributed by atoms with E-state index in [0.29, 0.717) is 12.2 Å². The molecule has 0 amide bonds. The molecular weight excluding hydrogens is 253 g/mol. The van der Waals surface area contributed by atoms with E-state index in [1.807, 2.05) is 44.2 Å². The Hall–Kier alpha value is -1.87. The lowest BCUT2D eigenvalue weighted by Crippen LogP contribution is -2.35. The van der Waals surface area contributed by atoms with Crippen LogP contribution in [0, 0.1) is 12.7 Å². The maximum atomic E-state index is 13.8. The first-order valence-electron chi connectivity index (χ1n) is 6.74. The molecule has 2 aromatic carbocycles. The fourth-order valence-electron chi connectivity index (χ4n) is 2.25. The number of ether oxygens (including phenoxy) is 1. The lowest BCUT2D eigenvalue weighted by molar-refractivity contribution is 0.330. The molecule has 3 heteroatoms. The molecule has 0 saturated heterocycles. The van der Waals surface area contributed by atoms with E-state index in [0.717, 1.165) is 16.9 Å². The van der Waals surface area contributed by atoms with Crippen molar-refractivity contribution < 1.29 is 9.13 Å². The summed E-state index contributed by atoms with van der Waals surface area (Å²) in [4.78, 5) is 0. The molecule has 0 aromatic heterocycles. The fraction of sp³-hybridized carbons (Fsp3) is 0.294. The van der Waals surface area contributed by atoms with Gasteiger partial charge in [0.15, 0.2) is 0 Å². The van der Waals surface area contributed by atoms with E-state index in [4.69, 9.17) is 10.5 Å². The molecule has 2 nitrogen and oxygen atoms in total. The molecule has 20 heavy (non-hydrogen) atoms. The molecular formula is C17H20FNO. The number of benzene rings is 2. The summed E-state index contributed by atoms with van der Waals surface area (Å²) in [5.74, 6) is 0.494. The van der Waals surface area contributed by atoms with Crippen LogP contribution in [0.2, 0.25) is 0 Å². The summed E-state index contributed by atoms with van der Waals surface area (Å²) >= 11 is 0. The van der Waals surface area contributed by atoms with Crippen molar-refractivity contribution in [3.8, 4) is 5.75 Å². The highest BCUT2D eigenvalue weighted by Crippen LogP contribution is 2.33. The second-order valence-corrected chi connectivity index (χ2v) is 5.10. The van der Waals surface area contributed by atoms with Gasteiger partial charge in [0, 0.05) is 5.56 Å². The van der Waals surface area contributed by atoms with Gasteiger partial charge in [0.05, 0.1) is 12.1 Å². The van der Waals surface area contributed by atoms with Crippen molar-refractivity contribution in [2.75, 3.05) is 6.61 Å². The quantitative estimate of drug-likeness (QED) is 0.920. The number of para-hydroxylation sites is 1. The lowest BCUT2D eigenvalue weighted by atomic mass is 9.84. The Morgan fingerprint density at radius 3 is 2.55 bits per heavy atom. The van der Waals surface area contributed by atoms with Crippen molar-refractivity contribution in [2.24, 2.45) is 5.73 Å². The van der Waals surface area contributed by atoms with E-state index in [1.165, 1.54) is 6.07 Å². The third-order valence-electron chi connectivity index (χ3n) is 3.52. The molecule has 0 heterocycles. The topological polar surface area (TPSA) is 35.2 Å². The van der Waals surface area contributed by atoms with Crippen LogP contribution in [0.25, 0.3) is 0 Å². The molecule has 2 rings (SSSR count). The summed E-state index contributed by atoms with van der Waals surface area (Å²) in [5.41, 5.74) is 7.85. The molecule has 0 bridgehead atoms. The van der Waals surface area contributed by atoms with Gasteiger partial charge in [-0.15, -0.1) is 0 Å². The highest BCUT2D eigenvalue weighted by Gasteiger charge is 2.27. The molecule has 1 atom stereocenters. The van der Waals surface area contributed by atoms with Crippen molar-refractivity contribution in [1.82, 2.24) is 0 Å². The van der Waals surface area contributed by atoms with Crippen LogP contribution in [0.15, 0.2) is 42.5 Å². The van der Waals surface area contributed by atoms with Gasteiger partial charge in [-0.2, -0.15) is 0 Å². The number of hydrogen-bond donors (Lipinski definition) is 1. The van der Waals surface area contributed by atoms with Gasteiger partial charge < -0.3 is 10.5 Å². The summed E-state index contributed by atoms with van der Waals surface area (Å²) < 4.78 is 19.4. The van der Waals surface area contributed by atoms with E-state index in [-0.39, 0.29) is 5.82 Å². The van der Waals surface area contributed by atoms with Crippen LogP contribution in [0.4, 0.5) is 4.39 Å². The second kappa shape index (κ2) is 5.63. The van der Waals surface area contributed by atoms with Gasteiger partial charge >= 0.3 is 0 Å². The van der Waals surface area contributed by atoms with Crippen LogP contribution < -0.4 is 10.5 Å². The molecule has 2 N–H and O–H groups in total. The van der Waals surface area contributed by atoms with Crippen LogP contribution in [-0.2, 0) is 5.54 Å². The molecule has 0 aliphatic carbocycles. The molecule has 0 saturated carbocycles. The number of hydrogen-bond acceptors (Lipinski definition) is 2. The van der Waals surface area contributed by atoms with E-state index in [1.54, 1.807) is 13.0 Å². The highest BCUT2D eigenvalue weighted by atomic mass is 19.1. The largest absolute Gasteiger partial charge is 0.494 e. The minimum Gasteiger partial charge on any atom is -0.494 e. The first kappa shape index (κ1) is 14.5. The van der Waals surface area contributed by atoms with Gasteiger partial charge in [-0.1, -0.05) is 30.3 Å². The zero-order valence-corrected chi connectivity index (χ0v) is 12.1. The maximum Gasteiger partial charge on any atom is 0.126 e. The molecule has 0 aliphatic rings. The van der Waals surface area contributed by atoms with Crippen LogP contribution in [-0.4, -0.2) is 6.61 Å². The third kappa shape index (κ3) is 2.68. The number of nitrogens with two attached hydrogens (primary N) is 1. The van der Waals surface area contributed by atoms with Gasteiger partial charge in [0.25, 0.3) is 0 Å². The monoisotopic (exact) mass is 273 g/mol. The predicted molar refractivity (Wildman–Crippen MR) is 79.4 cm³/mol. The van der Waals surface area contributed by atoms with Gasteiger partial charge in [-0.25, -0.2) is 4.39 Å². The first-order chi connectivity index (χ1) is 9.46. The summed E-state index contributed by atoms with van der Waals surface area (Å²) in [6, 6.07) is 12.7. The Labute approximate surface area is 119 Å². The molecule has 2 aromatic rings. The van der Waals surface area contributed by atoms with E-state index in [9.17, 15) is 4.39 Å². The molecule has 0 fully saturated rings. The average molecular weight is 273 g/mol. The number of aryl methyl sites for hydroxylation is 1. The van der Waals surface area contributed by atoms with Crippen molar-refractivity contribution in [2.45, 2.75) is 26.3 Å². The van der Waals surface area contributed by atoms with Crippen LogP contribution >= 0.6 is 0 Å². The van der Waals surface area contributed by atoms with Crippen molar-refractivity contribution in [3.05, 3.63) is 65.0 Å². The summed E-state index contributed by atoms with van der Waals surface area (Å²) in [6.45, 7) is 6.10. The summed E-state index contributed by atoms with van der Waals surface area (Å²) in [7, 11) is 0. The SMILES string of the molecule is CCOc1ccccc1C(C)(N)c1ccc(C)c(F)c1. The van der Waals surface area contributed by atoms with Gasteiger partial charge in [0.2, 0.25) is 0 Å². The lowest BCUT2D eigenvalue weighted by Gasteiger charge is -2.28. The number of halogens is 1. The van der Waals surface area contributed by atoms with Crippen LogP contribution in [0.1, 0.15) is 30.5 Å². The normalized spacial score (nSPS) is 13.8. The third-order valence-corrected chi connectivity index (χ3v) is 3.52. The van der Waals surface area contributed by atoms with Crippen LogP contribution in [0.3, 0.4) is 0 Å². The van der Waals surface area contributed by atoms with Gasteiger partial charge in [0.1, 0.15) is 11.6 Å². The Morgan fingerprint density at radius 1 is 1.20 bits per heavy atom.